The number of nitrogens with zero attached hydrogens (tertiary/aromatic N) is 3. The van der Waals surface area contributed by atoms with Gasteiger partial charge < -0.3 is 15.9 Å². The summed E-state index contributed by atoms with van der Waals surface area (Å²) in [6.07, 6.45) is 2.00. The SMILES string of the molecule is N[C@H](C(=O)O)C(CC(=O)O)n1cncn1. The Morgan fingerprint density at radius 1 is 1.47 bits per heavy atom. The van der Waals surface area contributed by atoms with Crippen molar-refractivity contribution in [1.29, 1.82) is 0 Å². The van der Waals surface area contributed by atoms with E-state index in [-0.39, 0.29) is 0 Å². The maximum atomic E-state index is 10.6. The molecule has 15 heavy (non-hydrogen) atoms. The summed E-state index contributed by atoms with van der Waals surface area (Å²) in [7, 11) is 0. The monoisotopic (exact) mass is 214 g/mol. The number of aromatic nitrogens is 3. The third-order valence-electron chi connectivity index (χ3n) is 1.86. The second kappa shape index (κ2) is 4.51. The third-order valence-corrected chi connectivity index (χ3v) is 1.86. The molecule has 0 fully saturated rings. The first kappa shape index (κ1) is 11.1. The van der Waals surface area contributed by atoms with Crippen molar-refractivity contribution >= 4 is 11.9 Å². The van der Waals surface area contributed by atoms with E-state index >= 15 is 0 Å². The van der Waals surface area contributed by atoms with Gasteiger partial charge in [0.05, 0.1) is 12.5 Å². The summed E-state index contributed by atoms with van der Waals surface area (Å²) < 4.78 is 1.13. The van der Waals surface area contributed by atoms with Crippen molar-refractivity contribution in [2.24, 2.45) is 5.73 Å². The molecule has 82 valence electrons. The second-order valence-corrected chi connectivity index (χ2v) is 2.90. The number of hydrogen-bond donors (Lipinski definition) is 3. The highest BCUT2D eigenvalue weighted by Crippen LogP contribution is 2.13. The molecule has 4 N–H and O–H groups in total. The van der Waals surface area contributed by atoms with Crippen LogP contribution in [0.1, 0.15) is 12.5 Å². The van der Waals surface area contributed by atoms with Crippen LogP contribution >= 0.6 is 0 Å². The van der Waals surface area contributed by atoms with Gasteiger partial charge in [-0.05, 0) is 0 Å². The molecule has 1 unspecified atom stereocenters. The molecule has 0 saturated carbocycles. The molecule has 8 heteroatoms. The predicted molar refractivity (Wildman–Crippen MR) is 46.9 cm³/mol. The number of rotatable bonds is 5. The topological polar surface area (TPSA) is 131 Å². The van der Waals surface area contributed by atoms with Crippen molar-refractivity contribution in [2.45, 2.75) is 18.5 Å². The number of carboxylic acids is 2. The van der Waals surface area contributed by atoms with Crippen LogP contribution in [0.5, 0.6) is 0 Å². The van der Waals surface area contributed by atoms with Crippen molar-refractivity contribution in [3.05, 3.63) is 12.7 Å². The zero-order valence-electron chi connectivity index (χ0n) is 7.65. The molecule has 0 aliphatic carbocycles. The van der Waals surface area contributed by atoms with Crippen molar-refractivity contribution < 1.29 is 19.8 Å². The van der Waals surface area contributed by atoms with Gasteiger partial charge in [-0.25, -0.2) is 9.67 Å². The van der Waals surface area contributed by atoms with Gasteiger partial charge in [0.2, 0.25) is 0 Å². The summed E-state index contributed by atoms with van der Waals surface area (Å²) in [6, 6.07) is -2.27. The molecular formula is C7H10N4O4. The molecule has 0 aliphatic heterocycles. The largest absolute Gasteiger partial charge is 0.481 e. The summed E-state index contributed by atoms with van der Waals surface area (Å²) in [4.78, 5) is 24.8. The van der Waals surface area contributed by atoms with Gasteiger partial charge in [-0.15, -0.1) is 0 Å². The van der Waals surface area contributed by atoms with Gasteiger partial charge in [0, 0.05) is 0 Å². The standard InChI is InChI=1S/C7H10N4O4/c8-6(7(14)15)4(1-5(12)13)11-3-9-2-10-11/h2-4,6H,1,8H2,(H,12,13)(H,14,15)/t4?,6-/m0/s1. The Bertz CT molecular complexity index is 350. The molecule has 0 radical (unpaired) electrons. The fourth-order valence-corrected chi connectivity index (χ4v) is 1.12. The van der Waals surface area contributed by atoms with Crippen LogP contribution in [-0.4, -0.2) is 43.0 Å². The number of carbonyl (C=O) groups is 2. The molecular weight excluding hydrogens is 204 g/mol. The smallest absolute Gasteiger partial charge is 0.322 e. The van der Waals surface area contributed by atoms with Gasteiger partial charge in [-0.2, -0.15) is 5.10 Å². The van der Waals surface area contributed by atoms with Crippen molar-refractivity contribution in [3.8, 4) is 0 Å². The Balaban J connectivity index is 2.88. The fraction of sp³-hybridized carbons (Fsp3) is 0.429. The lowest BCUT2D eigenvalue weighted by Gasteiger charge is -2.18. The molecule has 0 bridgehead atoms. The summed E-state index contributed by atoms with van der Waals surface area (Å²) >= 11 is 0. The summed E-state index contributed by atoms with van der Waals surface area (Å²) in [5.74, 6) is -2.43. The molecule has 1 aromatic rings. The number of nitrogens with two attached hydrogens (primary N) is 1. The van der Waals surface area contributed by atoms with Crippen LogP contribution in [0.2, 0.25) is 0 Å². The van der Waals surface area contributed by atoms with Crippen LogP contribution in [0, 0.1) is 0 Å². The van der Waals surface area contributed by atoms with Gasteiger partial charge in [0.1, 0.15) is 18.7 Å². The van der Waals surface area contributed by atoms with E-state index in [0.717, 1.165) is 4.68 Å². The molecule has 0 aliphatic rings. The van der Waals surface area contributed by atoms with Crippen LogP contribution < -0.4 is 5.73 Å². The van der Waals surface area contributed by atoms with Gasteiger partial charge >= 0.3 is 11.9 Å². The van der Waals surface area contributed by atoms with E-state index in [4.69, 9.17) is 15.9 Å². The van der Waals surface area contributed by atoms with E-state index in [0.29, 0.717) is 0 Å². The predicted octanol–water partition coefficient (Wildman–Crippen LogP) is -1.29. The van der Waals surface area contributed by atoms with Crippen molar-refractivity contribution in [2.75, 3.05) is 0 Å². The van der Waals surface area contributed by atoms with Gasteiger partial charge in [0.15, 0.2) is 0 Å². The van der Waals surface area contributed by atoms with E-state index in [2.05, 4.69) is 10.1 Å². The van der Waals surface area contributed by atoms with Crippen LogP contribution in [0.15, 0.2) is 12.7 Å². The van der Waals surface area contributed by atoms with E-state index in [1.54, 1.807) is 0 Å². The van der Waals surface area contributed by atoms with Crippen LogP contribution in [-0.2, 0) is 9.59 Å². The van der Waals surface area contributed by atoms with E-state index in [1.165, 1.54) is 12.7 Å². The average Bonchev–Trinajstić information content (AvgIpc) is 2.65. The van der Waals surface area contributed by atoms with Crippen molar-refractivity contribution in [1.82, 2.24) is 14.8 Å². The lowest BCUT2D eigenvalue weighted by Crippen LogP contribution is -2.40. The highest BCUT2D eigenvalue weighted by atomic mass is 16.4. The van der Waals surface area contributed by atoms with Crippen LogP contribution in [0.4, 0.5) is 0 Å². The Morgan fingerprint density at radius 2 is 2.13 bits per heavy atom. The number of carboxylic acid groups (broad SMARTS) is 2. The van der Waals surface area contributed by atoms with Gasteiger partial charge in [-0.1, -0.05) is 0 Å². The maximum Gasteiger partial charge on any atom is 0.322 e. The Labute approximate surface area is 84.3 Å². The first-order chi connectivity index (χ1) is 7.02. The molecule has 1 rings (SSSR count). The Hall–Kier alpha value is -1.96. The first-order valence-electron chi connectivity index (χ1n) is 4.06. The first-order valence-corrected chi connectivity index (χ1v) is 4.06. The van der Waals surface area contributed by atoms with Gasteiger partial charge in [0.25, 0.3) is 0 Å². The van der Waals surface area contributed by atoms with Crippen molar-refractivity contribution in [3.63, 3.8) is 0 Å². The maximum absolute atomic E-state index is 10.6. The van der Waals surface area contributed by atoms with Gasteiger partial charge in [-0.3, -0.25) is 9.59 Å². The Morgan fingerprint density at radius 3 is 2.53 bits per heavy atom. The zero-order valence-corrected chi connectivity index (χ0v) is 7.65. The van der Waals surface area contributed by atoms with E-state index in [9.17, 15) is 9.59 Å². The summed E-state index contributed by atoms with van der Waals surface area (Å²) in [5, 5.41) is 21.0. The average molecular weight is 214 g/mol. The molecule has 0 saturated heterocycles. The van der Waals surface area contributed by atoms with Crippen LogP contribution in [0.3, 0.4) is 0 Å². The molecule has 1 aromatic heterocycles. The number of hydrogen-bond acceptors (Lipinski definition) is 5. The quantitative estimate of drug-likeness (QED) is 0.555. The normalized spacial score (nSPS) is 14.5. The van der Waals surface area contributed by atoms with Crippen LogP contribution in [0.25, 0.3) is 0 Å². The molecule has 1 heterocycles. The summed E-state index contributed by atoms with van der Waals surface area (Å²) in [6.45, 7) is 0. The second-order valence-electron chi connectivity index (χ2n) is 2.90. The molecule has 0 amide bonds. The highest BCUT2D eigenvalue weighted by Gasteiger charge is 2.28. The minimum atomic E-state index is -1.33. The molecule has 8 nitrogen and oxygen atoms in total. The lowest BCUT2D eigenvalue weighted by molar-refractivity contribution is -0.141. The third kappa shape index (κ3) is 2.74. The molecule has 2 atom stereocenters. The van der Waals surface area contributed by atoms with E-state index in [1.807, 2.05) is 0 Å². The highest BCUT2D eigenvalue weighted by molar-refractivity contribution is 5.75. The fourth-order valence-electron chi connectivity index (χ4n) is 1.12. The Kier molecular flexibility index (Phi) is 3.34. The number of aliphatic carboxylic acids is 2. The summed E-state index contributed by atoms with van der Waals surface area (Å²) in [5.41, 5.74) is 5.35. The molecule has 0 aromatic carbocycles. The van der Waals surface area contributed by atoms with E-state index < -0.39 is 30.4 Å². The zero-order chi connectivity index (χ0) is 11.4. The minimum absolute atomic E-state index is 0.420. The minimum Gasteiger partial charge on any atom is -0.481 e. The molecule has 0 spiro atoms. The lowest BCUT2D eigenvalue weighted by atomic mass is 10.1.